The van der Waals surface area contributed by atoms with Crippen molar-refractivity contribution in [3.8, 4) is 11.5 Å². The smallest absolute Gasteiger partial charge is 0.254 e. The number of hydrogen-bond donors (Lipinski definition) is 2. The highest BCUT2D eigenvalue weighted by atomic mass is 16.5. The molecule has 1 aromatic rings. The highest BCUT2D eigenvalue weighted by Gasteiger charge is 2.22. The average molecular weight is 266 g/mol. The Morgan fingerprint density at radius 3 is 2.89 bits per heavy atom. The van der Waals surface area contributed by atoms with Crippen molar-refractivity contribution in [3.05, 3.63) is 18.2 Å². The first-order valence-electron chi connectivity index (χ1n) is 6.10. The van der Waals surface area contributed by atoms with Crippen molar-refractivity contribution in [2.24, 2.45) is 0 Å². The third-order valence-electron chi connectivity index (χ3n) is 2.88. The molecule has 6 heteroatoms. The third-order valence-corrected chi connectivity index (χ3v) is 2.88. The Morgan fingerprint density at radius 2 is 2.26 bits per heavy atom. The SMILES string of the molecule is COc1ccc(OC)c(NC(=O)C2CNCCO2)c1. The molecule has 1 aromatic carbocycles. The van der Waals surface area contributed by atoms with E-state index in [0.717, 1.165) is 6.54 Å². The van der Waals surface area contributed by atoms with Crippen molar-refractivity contribution in [1.29, 1.82) is 0 Å². The summed E-state index contributed by atoms with van der Waals surface area (Å²) in [5, 5.41) is 5.91. The zero-order chi connectivity index (χ0) is 13.7. The summed E-state index contributed by atoms with van der Waals surface area (Å²) in [7, 11) is 3.12. The zero-order valence-corrected chi connectivity index (χ0v) is 11.1. The van der Waals surface area contributed by atoms with E-state index in [1.165, 1.54) is 0 Å². The first-order chi connectivity index (χ1) is 9.24. The summed E-state index contributed by atoms with van der Waals surface area (Å²) in [6.45, 7) is 1.82. The molecule has 2 rings (SSSR count). The van der Waals surface area contributed by atoms with Gasteiger partial charge in [0.2, 0.25) is 0 Å². The van der Waals surface area contributed by atoms with Gasteiger partial charge in [-0.15, -0.1) is 0 Å². The first kappa shape index (κ1) is 13.6. The largest absolute Gasteiger partial charge is 0.497 e. The first-order valence-corrected chi connectivity index (χ1v) is 6.10. The van der Waals surface area contributed by atoms with Gasteiger partial charge in [-0.25, -0.2) is 0 Å². The lowest BCUT2D eigenvalue weighted by atomic mass is 10.2. The Bertz CT molecular complexity index is 444. The van der Waals surface area contributed by atoms with Crippen LogP contribution in [0.25, 0.3) is 0 Å². The van der Waals surface area contributed by atoms with Crippen LogP contribution >= 0.6 is 0 Å². The van der Waals surface area contributed by atoms with E-state index >= 15 is 0 Å². The van der Waals surface area contributed by atoms with E-state index in [1.807, 2.05) is 0 Å². The number of anilines is 1. The highest BCUT2D eigenvalue weighted by Crippen LogP contribution is 2.29. The number of hydrogen-bond acceptors (Lipinski definition) is 5. The number of rotatable bonds is 4. The topological polar surface area (TPSA) is 68.8 Å². The lowest BCUT2D eigenvalue weighted by Gasteiger charge is -2.23. The number of amides is 1. The molecule has 0 bridgehead atoms. The second kappa shape index (κ2) is 6.40. The van der Waals surface area contributed by atoms with Gasteiger partial charge in [0, 0.05) is 19.2 Å². The molecular formula is C13H18N2O4. The van der Waals surface area contributed by atoms with E-state index in [4.69, 9.17) is 14.2 Å². The number of carbonyl (C=O) groups excluding carboxylic acids is 1. The molecule has 1 heterocycles. The normalized spacial score (nSPS) is 18.7. The van der Waals surface area contributed by atoms with Crippen molar-refractivity contribution >= 4 is 11.6 Å². The molecule has 2 N–H and O–H groups in total. The Kier molecular flexibility index (Phi) is 4.59. The molecule has 104 valence electrons. The van der Waals surface area contributed by atoms with Crippen LogP contribution in [0.15, 0.2) is 18.2 Å². The Labute approximate surface area is 112 Å². The van der Waals surface area contributed by atoms with Gasteiger partial charge >= 0.3 is 0 Å². The van der Waals surface area contributed by atoms with Crippen LogP contribution in [-0.4, -0.2) is 45.9 Å². The van der Waals surface area contributed by atoms with Gasteiger partial charge in [0.15, 0.2) is 0 Å². The van der Waals surface area contributed by atoms with Crippen LogP contribution in [0.4, 0.5) is 5.69 Å². The molecule has 1 aliphatic heterocycles. The van der Waals surface area contributed by atoms with Crippen molar-refractivity contribution < 1.29 is 19.0 Å². The predicted molar refractivity (Wildman–Crippen MR) is 70.8 cm³/mol. The van der Waals surface area contributed by atoms with E-state index in [0.29, 0.717) is 30.3 Å². The maximum atomic E-state index is 12.1. The Hall–Kier alpha value is -1.79. The van der Waals surface area contributed by atoms with Crippen LogP contribution in [0.2, 0.25) is 0 Å². The van der Waals surface area contributed by atoms with E-state index in [9.17, 15) is 4.79 Å². The quantitative estimate of drug-likeness (QED) is 0.836. The van der Waals surface area contributed by atoms with E-state index in [-0.39, 0.29) is 5.91 Å². The van der Waals surface area contributed by atoms with Gasteiger partial charge in [0.05, 0.1) is 26.5 Å². The molecule has 0 spiro atoms. The van der Waals surface area contributed by atoms with Gasteiger partial charge in [-0.2, -0.15) is 0 Å². The monoisotopic (exact) mass is 266 g/mol. The average Bonchev–Trinajstić information content (AvgIpc) is 2.48. The molecule has 1 amide bonds. The summed E-state index contributed by atoms with van der Waals surface area (Å²) in [6, 6.07) is 5.23. The van der Waals surface area contributed by atoms with E-state index < -0.39 is 6.10 Å². The molecule has 1 fully saturated rings. The zero-order valence-electron chi connectivity index (χ0n) is 11.1. The number of methoxy groups -OCH3 is 2. The van der Waals surface area contributed by atoms with E-state index in [1.54, 1.807) is 32.4 Å². The molecular weight excluding hydrogens is 248 g/mol. The standard InChI is InChI=1S/C13H18N2O4/c1-17-9-3-4-11(18-2)10(7-9)15-13(16)12-8-14-5-6-19-12/h3-4,7,12,14H,5-6,8H2,1-2H3,(H,15,16). The minimum absolute atomic E-state index is 0.196. The molecule has 0 radical (unpaired) electrons. The molecule has 1 atom stereocenters. The molecule has 19 heavy (non-hydrogen) atoms. The van der Waals surface area contributed by atoms with Gasteiger partial charge in [-0.05, 0) is 12.1 Å². The molecule has 0 aromatic heterocycles. The van der Waals surface area contributed by atoms with Crippen LogP contribution in [0, 0.1) is 0 Å². The minimum Gasteiger partial charge on any atom is -0.497 e. The summed E-state index contributed by atoms with van der Waals surface area (Å²) >= 11 is 0. The molecule has 0 saturated carbocycles. The van der Waals surface area contributed by atoms with Crippen LogP contribution in [-0.2, 0) is 9.53 Å². The highest BCUT2D eigenvalue weighted by molar-refractivity contribution is 5.96. The number of nitrogens with one attached hydrogen (secondary N) is 2. The maximum absolute atomic E-state index is 12.1. The summed E-state index contributed by atoms with van der Waals surface area (Å²) in [5.41, 5.74) is 0.570. The fraction of sp³-hybridized carbons (Fsp3) is 0.462. The summed E-state index contributed by atoms with van der Waals surface area (Å²) in [5.74, 6) is 1.04. The maximum Gasteiger partial charge on any atom is 0.254 e. The van der Waals surface area contributed by atoms with Crippen molar-refractivity contribution in [2.45, 2.75) is 6.10 Å². The van der Waals surface area contributed by atoms with Crippen LogP contribution in [0.3, 0.4) is 0 Å². The minimum atomic E-state index is -0.482. The van der Waals surface area contributed by atoms with Gasteiger partial charge < -0.3 is 24.8 Å². The number of carbonyl (C=O) groups is 1. The molecule has 1 unspecified atom stereocenters. The van der Waals surface area contributed by atoms with Gasteiger partial charge in [-0.1, -0.05) is 0 Å². The van der Waals surface area contributed by atoms with Gasteiger partial charge in [0.1, 0.15) is 17.6 Å². The summed E-state index contributed by atoms with van der Waals surface area (Å²) in [4.78, 5) is 12.1. The van der Waals surface area contributed by atoms with Gasteiger partial charge in [-0.3, -0.25) is 4.79 Å². The van der Waals surface area contributed by atoms with Crippen molar-refractivity contribution in [3.63, 3.8) is 0 Å². The molecule has 0 aliphatic carbocycles. The van der Waals surface area contributed by atoms with Crippen LogP contribution < -0.4 is 20.1 Å². The van der Waals surface area contributed by atoms with Gasteiger partial charge in [0.25, 0.3) is 5.91 Å². The second-order valence-electron chi connectivity index (χ2n) is 4.12. The van der Waals surface area contributed by atoms with Crippen LogP contribution in [0.1, 0.15) is 0 Å². The Balaban J connectivity index is 2.10. The second-order valence-corrected chi connectivity index (χ2v) is 4.12. The molecule has 6 nitrogen and oxygen atoms in total. The van der Waals surface area contributed by atoms with Crippen molar-refractivity contribution in [1.82, 2.24) is 5.32 Å². The van der Waals surface area contributed by atoms with Crippen molar-refractivity contribution in [2.75, 3.05) is 39.2 Å². The van der Waals surface area contributed by atoms with E-state index in [2.05, 4.69) is 10.6 Å². The fourth-order valence-electron chi connectivity index (χ4n) is 1.86. The fourth-order valence-corrected chi connectivity index (χ4v) is 1.86. The number of benzene rings is 1. The van der Waals surface area contributed by atoms with Crippen LogP contribution in [0.5, 0.6) is 11.5 Å². The lowest BCUT2D eigenvalue weighted by molar-refractivity contribution is -0.128. The Morgan fingerprint density at radius 1 is 1.42 bits per heavy atom. The number of morpholine rings is 1. The summed E-state index contributed by atoms with van der Waals surface area (Å²) in [6.07, 6.45) is -0.482. The lowest BCUT2D eigenvalue weighted by Crippen LogP contribution is -2.45. The number of ether oxygens (including phenoxy) is 3. The molecule has 1 saturated heterocycles. The third kappa shape index (κ3) is 3.36. The molecule has 1 aliphatic rings. The predicted octanol–water partition coefficient (Wildman–Crippen LogP) is 0.631. The summed E-state index contributed by atoms with van der Waals surface area (Å²) < 4.78 is 15.7.